The van der Waals surface area contributed by atoms with E-state index in [-0.39, 0.29) is 29.8 Å². The number of halogens is 1. The maximum atomic E-state index is 12.0. The average Bonchev–Trinajstić information content (AvgIpc) is 2.88. The number of hydrogen-bond acceptors (Lipinski definition) is 2. The molecule has 0 unspecified atom stereocenters. The Morgan fingerprint density at radius 2 is 1.75 bits per heavy atom. The Bertz CT molecular complexity index is 233. The molecule has 0 spiro atoms. The van der Waals surface area contributed by atoms with Gasteiger partial charge in [-0.25, -0.2) is 0 Å². The Hall–Kier alpha value is -0.280. The second-order valence-electron chi connectivity index (χ2n) is 5.16. The van der Waals surface area contributed by atoms with E-state index in [1.165, 1.54) is 25.7 Å². The molecule has 16 heavy (non-hydrogen) atoms. The van der Waals surface area contributed by atoms with Gasteiger partial charge in [-0.15, -0.1) is 12.4 Å². The van der Waals surface area contributed by atoms with Crippen molar-refractivity contribution in [2.45, 2.75) is 56.9 Å². The van der Waals surface area contributed by atoms with Crippen LogP contribution in [0, 0.1) is 5.92 Å². The van der Waals surface area contributed by atoms with Crippen LogP contribution in [0.3, 0.4) is 0 Å². The van der Waals surface area contributed by atoms with Crippen molar-refractivity contribution in [1.82, 2.24) is 5.32 Å². The van der Waals surface area contributed by atoms with E-state index in [9.17, 15) is 4.79 Å². The Balaban J connectivity index is 0.00000128. The van der Waals surface area contributed by atoms with Gasteiger partial charge in [-0.2, -0.15) is 0 Å². The molecule has 0 aromatic carbocycles. The summed E-state index contributed by atoms with van der Waals surface area (Å²) in [6, 6.07) is 0. The molecular formula is C12H23ClN2O. The monoisotopic (exact) mass is 246 g/mol. The SMILES string of the molecule is Cl.NCC1(NC(=O)C2CCCC2)CCCC1. The van der Waals surface area contributed by atoms with E-state index in [1.54, 1.807) is 0 Å². The van der Waals surface area contributed by atoms with Gasteiger partial charge < -0.3 is 11.1 Å². The lowest BCUT2D eigenvalue weighted by Crippen LogP contribution is -2.53. The fourth-order valence-corrected chi connectivity index (χ4v) is 2.98. The summed E-state index contributed by atoms with van der Waals surface area (Å²) in [6.45, 7) is 0.603. The van der Waals surface area contributed by atoms with Crippen molar-refractivity contribution in [2.24, 2.45) is 11.7 Å². The largest absolute Gasteiger partial charge is 0.349 e. The fourth-order valence-electron chi connectivity index (χ4n) is 2.98. The molecule has 2 fully saturated rings. The van der Waals surface area contributed by atoms with Crippen molar-refractivity contribution < 1.29 is 4.79 Å². The van der Waals surface area contributed by atoms with E-state index in [0.717, 1.165) is 25.7 Å². The first-order valence-electron chi connectivity index (χ1n) is 6.28. The highest BCUT2D eigenvalue weighted by Gasteiger charge is 2.36. The number of amides is 1. The zero-order valence-corrected chi connectivity index (χ0v) is 10.7. The Morgan fingerprint density at radius 3 is 2.25 bits per heavy atom. The van der Waals surface area contributed by atoms with Crippen LogP contribution in [0.25, 0.3) is 0 Å². The molecule has 0 bridgehead atoms. The van der Waals surface area contributed by atoms with Gasteiger partial charge in [0.2, 0.25) is 5.91 Å². The topological polar surface area (TPSA) is 55.1 Å². The summed E-state index contributed by atoms with van der Waals surface area (Å²) in [5, 5.41) is 3.22. The van der Waals surface area contributed by atoms with E-state index in [1.807, 2.05) is 0 Å². The predicted molar refractivity (Wildman–Crippen MR) is 67.6 cm³/mol. The lowest BCUT2D eigenvalue weighted by atomic mass is 9.96. The lowest BCUT2D eigenvalue weighted by molar-refractivity contribution is -0.126. The van der Waals surface area contributed by atoms with Crippen molar-refractivity contribution in [1.29, 1.82) is 0 Å². The molecule has 0 heterocycles. The molecule has 4 heteroatoms. The maximum absolute atomic E-state index is 12.0. The molecule has 94 valence electrons. The van der Waals surface area contributed by atoms with Crippen LogP contribution in [0.1, 0.15) is 51.4 Å². The molecule has 1 amide bonds. The van der Waals surface area contributed by atoms with E-state index < -0.39 is 0 Å². The highest BCUT2D eigenvalue weighted by atomic mass is 35.5. The van der Waals surface area contributed by atoms with E-state index in [0.29, 0.717) is 6.54 Å². The van der Waals surface area contributed by atoms with E-state index >= 15 is 0 Å². The number of carbonyl (C=O) groups excluding carboxylic acids is 1. The number of nitrogens with two attached hydrogens (primary N) is 1. The Labute approximate surface area is 104 Å². The minimum absolute atomic E-state index is 0. The standard InChI is InChI=1S/C12H22N2O.ClH/c13-9-12(7-3-4-8-12)14-11(15)10-5-1-2-6-10;/h10H,1-9,13H2,(H,14,15);1H. The van der Waals surface area contributed by atoms with Crippen LogP contribution in [-0.4, -0.2) is 18.0 Å². The molecule has 0 aromatic rings. The first-order valence-corrected chi connectivity index (χ1v) is 6.28. The summed E-state index contributed by atoms with van der Waals surface area (Å²) in [6.07, 6.45) is 9.15. The maximum Gasteiger partial charge on any atom is 0.223 e. The molecule has 0 aromatic heterocycles. The summed E-state index contributed by atoms with van der Waals surface area (Å²) in [5.41, 5.74) is 5.75. The summed E-state index contributed by atoms with van der Waals surface area (Å²) in [4.78, 5) is 12.0. The number of carbonyl (C=O) groups is 1. The van der Waals surface area contributed by atoms with Crippen LogP contribution in [-0.2, 0) is 4.79 Å². The zero-order valence-electron chi connectivity index (χ0n) is 9.84. The highest BCUT2D eigenvalue weighted by Crippen LogP contribution is 2.31. The third kappa shape index (κ3) is 2.89. The first-order chi connectivity index (χ1) is 7.26. The molecule has 2 rings (SSSR count). The molecule has 0 radical (unpaired) electrons. The average molecular weight is 247 g/mol. The summed E-state index contributed by atoms with van der Waals surface area (Å²) >= 11 is 0. The van der Waals surface area contributed by atoms with E-state index in [2.05, 4.69) is 5.32 Å². The Morgan fingerprint density at radius 1 is 1.19 bits per heavy atom. The van der Waals surface area contributed by atoms with Gasteiger partial charge in [0.05, 0.1) is 5.54 Å². The van der Waals surface area contributed by atoms with Gasteiger partial charge in [-0.05, 0) is 25.7 Å². The molecule has 0 aliphatic heterocycles. The van der Waals surface area contributed by atoms with Crippen molar-refractivity contribution in [3.8, 4) is 0 Å². The fraction of sp³-hybridized carbons (Fsp3) is 0.917. The van der Waals surface area contributed by atoms with Crippen LogP contribution in [0.4, 0.5) is 0 Å². The second kappa shape index (κ2) is 5.87. The third-order valence-corrected chi connectivity index (χ3v) is 4.07. The molecule has 3 N–H and O–H groups in total. The van der Waals surface area contributed by atoms with Crippen molar-refractivity contribution in [3.63, 3.8) is 0 Å². The summed E-state index contributed by atoms with van der Waals surface area (Å²) in [7, 11) is 0. The summed E-state index contributed by atoms with van der Waals surface area (Å²) in [5.74, 6) is 0.536. The van der Waals surface area contributed by atoms with Gasteiger partial charge in [0.15, 0.2) is 0 Å². The lowest BCUT2D eigenvalue weighted by Gasteiger charge is -2.30. The minimum Gasteiger partial charge on any atom is -0.349 e. The molecular weight excluding hydrogens is 224 g/mol. The molecule has 0 atom stereocenters. The minimum atomic E-state index is -0.0559. The van der Waals surface area contributed by atoms with Crippen molar-refractivity contribution >= 4 is 18.3 Å². The second-order valence-corrected chi connectivity index (χ2v) is 5.16. The smallest absolute Gasteiger partial charge is 0.223 e. The van der Waals surface area contributed by atoms with Gasteiger partial charge in [0.25, 0.3) is 0 Å². The molecule has 2 aliphatic rings. The number of rotatable bonds is 3. The van der Waals surface area contributed by atoms with Crippen LogP contribution in [0.15, 0.2) is 0 Å². The van der Waals surface area contributed by atoms with Crippen LogP contribution in [0.5, 0.6) is 0 Å². The molecule has 2 aliphatic carbocycles. The predicted octanol–water partition coefficient (Wildman–Crippen LogP) is 1.99. The van der Waals surface area contributed by atoms with Gasteiger partial charge >= 0.3 is 0 Å². The first kappa shape index (κ1) is 13.8. The molecule has 0 saturated heterocycles. The normalized spacial score (nSPS) is 24.1. The van der Waals surface area contributed by atoms with Gasteiger partial charge in [-0.1, -0.05) is 25.7 Å². The zero-order chi connectivity index (χ0) is 10.7. The van der Waals surface area contributed by atoms with Gasteiger partial charge in [0, 0.05) is 12.5 Å². The quantitative estimate of drug-likeness (QED) is 0.800. The van der Waals surface area contributed by atoms with Crippen LogP contribution >= 0.6 is 12.4 Å². The summed E-state index contributed by atoms with van der Waals surface area (Å²) < 4.78 is 0. The highest BCUT2D eigenvalue weighted by molar-refractivity contribution is 5.85. The van der Waals surface area contributed by atoms with Gasteiger partial charge in [0.1, 0.15) is 0 Å². The third-order valence-electron chi connectivity index (χ3n) is 4.07. The van der Waals surface area contributed by atoms with Crippen LogP contribution in [0.2, 0.25) is 0 Å². The van der Waals surface area contributed by atoms with Crippen molar-refractivity contribution in [3.05, 3.63) is 0 Å². The molecule has 3 nitrogen and oxygen atoms in total. The Kier molecular flexibility index (Phi) is 5.06. The molecule has 2 saturated carbocycles. The van der Waals surface area contributed by atoms with Crippen LogP contribution < -0.4 is 11.1 Å². The number of hydrogen-bond donors (Lipinski definition) is 2. The van der Waals surface area contributed by atoms with Gasteiger partial charge in [-0.3, -0.25) is 4.79 Å². The van der Waals surface area contributed by atoms with Crippen molar-refractivity contribution in [2.75, 3.05) is 6.54 Å². The van der Waals surface area contributed by atoms with E-state index in [4.69, 9.17) is 5.73 Å². The number of nitrogens with one attached hydrogen (secondary N) is 1.